The lowest BCUT2D eigenvalue weighted by Gasteiger charge is -2.02. The molecule has 0 atom stereocenters. The molecule has 7 heteroatoms. The number of esters is 1. The van der Waals surface area contributed by atoms with Crippen LogP contribution in [0.2, 0.25) is 5.02 Å². The second kappa shape index (κ2) is 6.27. The summed E-state index contributed by atoms with van der Waals surface area (Å²) in [6.45, 7) is -0.319. The number of ketones is 1. The number of hydrogen-bond acceptors (Lipinski definition) is 5. The highest BCUT2D eigenvalue weighted by atomic mass is 79.9. The summed E-state index contributed by atoms with van der Waals surface area (Å²) < 4.78 is 5.74. The van der Waals surface area contributed by atoms with E-state index in [1.54, 1.807) is 18.2 Å². The number of nitrogens with zero attached hydrogens (tertiary/aromatic N) is 1. The zero-order valence-electron chi connectivity index (χ0n) is 9.43. The fraction of sp³-hybridized carbons (Fsp3) is 0.0833. The van der Waals surface area contributed by atoms with Crippen molar-refractivity contribution in [3.05, 3.63) is 49.8 Å². The van der Waals surface area contributed by atoms with Gasteiger partial charge in [0.2, 0.25) is 5.78 Å². The highest BCUT2D eigenvalue weighted by Crippen LogP contribution is 2.22. The number of ether oxygens (including phenoxy) is 1. The Morgan fingerprint density at radius 2 is 2.16 bits per heavy atom. The quantitative estimate of drug-likeness (QED) is 0.617. The number of carbonyl (C=O) groups excluding carboxylic acids is 2. The lowest BCUT2D eigenvalue weighted by Crippen LogP contribution is -2.14. The van der Waals surface area contributed by atoms with E-state index in [2.05, 4.69) is 20.9 Å². The van der Waals surface area contributed by atoms with Crippen molar-refractivity contribution in [2.24, 2.45) is 0 Å². The molecule has 0 aliphatic heterocycles. The third-order valence-electron chi connectivity index (χ3n) is 2.11. The van der Waals surface area contributed by atoms with Crippen molar-refractivity contribution < 1.29 is 14.3 Å². The van der Waals surface area contributed by atoms with E-state index in [1.165, 1.54) is 23.6 Å². The molecule has 0 aliphatic rings. The van der Waals surface area contributed by atoms with Crippen LogP contribution in [0, 0.1) is 0 Å². The van der Waals surface area contributed by atoms with Crippen LogP contribution in [-0.4, -0.2) is 23.3 Å². The fourth-order valence-corrected chi connectivity index (χ4v) is 2.73. The Bertz CT molecular complexity index is 629. The van der Waals surface area contributed by atoms with E-state index in [0.717, 1.165) is 3.79 Å². The van der Waals surface area contributed by atoms with Gasteiger partial charge in [-0.3, -0.25) is 4.79 Å². The van der Waals surface area contributed by atoms with Crippen LogP contribution < -0.4 is 0 Å². The summed E-state index contributed by atoms with van der Waals surface area (Å²) in [5, 5.41) is 0.385. The van der Waals surface area contributed by atoms with E-state index in [9.17, 15) is 9.59 Å². The molecule has 98 valence electrons. The summed E-state index contributed by atoms with van der Waals surface area (Å²) in [5.74, 6) is -0.933. The molecule has 0 saturated carbocycles. The topological polar surface area (TPSA) is 56.3 Å². The molecule has 2 aromatic heterocycles. The molecule has 2 heterocycles. The fourth-order valence-electron chi connectivity index (χ4n) is 1.26. The van der Waals surface area contributed by atoms with Crippen molar-refractivity contribution in [3.63, 3.8) is 0 Å². The number of halogens is 2. The number of hydrogen-bond donors (Lipinski definition) is 0. The van der Waals surface area contributed by atoms with Gasteiger partial charge in [-0.25, -0.2) is 9.78 Å². The highest BCUT2D eigenvalue weighted by Gasteiger charge is 2.14. The van der Waals surface area contributed by atoms with Crippen molar-refractivity contribution in [2.75, 3.05) is 6.61 Å². The number of carbonyl (C=O) groups is 2. The lowest BCUT2D eigenvalue weighted by atomic mass is 10.3. The van der Waals surface area contributed by atoms with E-state index in [0.29, 0.717) is 9.90 Å². The Morgan fingerprint density at radius 1 is 1.37 bits per heavy atom. The maximum Gasteiger partial charge on any atom is 0.357 e. The molecule has 0 unspecified atom stereocenters. The summed E-state index contributed by atoms with van der Waals surface area (Å²) in [6, 6.07) is 6.36. The number of thiophene rings is 1. The standard InChI is InChI=1S/C12H7BrClNO3S/c13-11-2-1-10(19-11)9(16)6-18-12(17)8-5-7(14)3-4-15-8/h1-5H,6H2. The summed E-state index contributed by atoms with van der Waals surface area (Å²) in [7, 11) is 0. The van der Waals surface area contributed by atoms with Crippen LogP contribution in [0.3, 0.4) is 0 Å². The third kappa shape index (κ3) is 3.86. The van der Waals surface area contributed by atoms with E-state index in [4.69, 9.17) is 16.3 Å². The second-order valence-corrected chi connectivity index (χ2v) is 6.36. The smallest absolute Gasteiger partial charge is 0.357 e. The molecule has 0 saturated heterocycles. The van der Waals surface area contributed by atoms with Gasteiger partial charge in [0.1, 0.15) is 5.69 Å². The van der Waals surface area contributed by atoms with Crippen molar-refractivity contribution in [1.82, 2.24) is 4.98 Å². The first-order chi connectivity index (χ1) is 9.06. The van der Waals surface area contributed by atoms with Gasteiger partial charge in [-0.2, -0.15) is 0 Å². The number of rotatable bonds is 4. The van der Waals surface area contributed by atoms with E-state index >= 15 is 0 Å². The van der Waals surface area contributed by atoms with Crippen molar-refractivity contribution in [2.45, 2.75) is 0 Å². The molecule has 0 radical (unpaired) electrons. The number of pyridine rings is 1. The molecular weight excluding hydrogens is 354 g/mol. The van der Waals surface area contributed by atoms with Gasteiger partial charge in [-0.15, -0.1) is 11.3 Å². The van der Waals surface area contributed by atoms with Crippen molar-refractivity contribution in [1.29, 1.82) is 0 Å². The van der Waals surface area contributed by atoms with Crippen LogP contribution in [0.1, 0.15) is 20.2 Å². The minimum Gasteiger partial charge on any atom is -0.453 e. The first kappa shape index (κ1) is 14.2. The van der Waals surface area contributed by atoms with Crippen LogP contribution >= 0.6 is 38.9 Å². The number of aromatic nitrogens is 1. The van der Waals surface area contributed by atoms with Gasteiger partial charge in [0, 0.05) is 11.2 Å². The summed E-state index contributed by atoms with van der Waals surface area (Å²) in [4.78, 5) is 27.7. The Labute approximate surface area is 126 Å². The SMILES string of the molecule is O=C(OCC(=O)c1ccc(Br)s1)c1cc(Cl)ccn1. The van der Waals surface area contributed by atoms with Crippen LogP contribution in [0.5, 0.6) is 0 Å². The van der Waals surface area contributed by atoms with E-state index < -0.39 is 5.97 Å². The minimum atomic E-state index is -0.675. The average Bonchev–Trinajstić information content (AvgIpc) is 2.82. The van der Waals surface area contributed by atoms with Crippen molar-refractivity contribution >= 4 is 50.6 Å². The van der Waals surface area contributed by atoms with Gasteiger partial charge < -0.3 is 4.74 Å². The Morgan fingerprint density at radius 3 is 2.79 bits per heavy atom. The van der Waals surface area contributed by atoms with Crippen LogP contribution in [0.25, 0.3) is 0 Å². The maximum absolute atomic E-state index is 11.7. The van der Waals surface area contributed by atoms with E-state index in [1.807, 2.05) is 0 Å². The summed E-state index contributed by atoms with van der Waals surface area (Å²) in [6.07, 6.45) is 1.40. The molecule has 4 nitrogen and oxygen atoms in total. The zero-order chi connectivity index (χ0) is 13.8. The molecule has 19 heavy (non-hydrogen) atoms. The van der Waals surface area contributed by atoms with Crippen LogP contribution in [0.4, 0.5) is 0 Å². The normalized spacial score (nSPS) is 10.2. The van der Waals surface area contributed by atoms with Crippen LogP contribution in [-0.2, 0) is 4.74 Å². The maximum atomic E-state index is 11.7. The van der Waals surface area contributed by atoms with Crippen LogP contribution in [0.15, 0.2) is 34.2 Å². The molecular formula is C12H7BrClNO3S. The number of Topliss-reactive ketones (excluding diaryl/α,β-unsaturated/α-hetero) is 1. The Hall–Kier alpha value is -1.24. The molecule has 0 bridgehead atoms. The minimum absolute atomic E-state index is 0.0765. The molecule has 2 rings (SSSR count). The van der Waals surface area contributed by atoms with Gasteiger partial charge in [0.05, 0.1) is 8.66 Å². The third-order valence-corrected chi connectivity index (χ3v) is 4.01. The lowest BCUT2D eigenvalue weighted by molar-refractivity contribution is 0.0470. The molecule has 0 amide bonds. The van der Waals surface area contributed by atoms with Gasteiger partial charge in [-0.05, 0) is 40.2 Å². The van der Waals surface area contributed by atoms with Gasteiger partial charge >= 0.3 is 5.97 Å². The van der Waals surface area contributed by atoms with Gasteiger partial charge in [0.25, 0.3) is 0 Å². The predicted octanol–water partition coefficient (Wildman–Crippen LogP) is 3.60. The monoisotopic (exact) mass is 359 g/mol. The molecule has 2 aromatic rings. The largest absolute Gasteiger partial charge is 0.453 e. The molecule has 0 aromatic carbocycles. The zero-order valence-corrected chi connectivity index (χ0v) is 12.6. The Kier molecular flexibility index (Phi) is 4.68. The predicted molar refractivity (Wildman–Crippen MR) is 75.9 cm³/mol. The summed E-state index contributed by atoms with van der Waals surface area (Å²) in [5.41, 5.74) is 0.0765. The van der Waals surface area contributed by atoms with Gasteiger partial charge in [0.15, 0.2) is 6.61 Å². The molecule has 0 spiro atoms. The molecule has 0 N–H and O–H groups in total. The molecule has 0 fully saturated rings. The second-order valence-electron chi connectivity index (χ2n) is 3.46. The first-order valence-corrected chi connectivity index (χ1v) is 7.12. The summed E-state index contributed by atoms with van der Waals surface area (Å²) >= 11 is 10.3. The Balaban J connectivity index is 1.95. The van der Waals surface area contributed by atoms with E-state index in [-0.39, 0.29) is 18.1 Å². The average molecular weight is 361 g/mol. The highest BCUT2D eigenvalue weighted by molar-refractivity contribution is 9.11. The molecule has 0 aliphatic carbocycles. The first-order valence-electron chi connectivity index (χ1n) is 5.13. The van der Waals surface area contributed by atoms with Crippen molar-refractivity contribution in [3.8, 4) is 0 Å². The van der Waals surface area contributed by atoms with Gasteiger partial charge in [-0.1, -0.05) is 11.6 Å².